The second kappa shape index (κ2) is 18.5. The van der Waals surface area contributed by atoms with E-state index in [1.807, 2.05) is 60.7 Å². The minimum atomic E-state index is -2.39. The summed E-state index contributed by atoms with van der Waals surface area (Å²) in [5.41, 5.74) is -3.92. The van der Waals surface area contributed by atoms with E-state index in [0.29, 0.717) is 0 Å². The number of aromatic hydroxyl groups is 2. The van der Waals surface area contributed by atoms with E-state index in [1.54, 1.807) is 0 Å². The molecule has 16 nitrogen and oxygen atoms in total. The summed E-state index contributed by atoms with van der Waals surface area (Å²) in [5, 5.41) is 59.2. The predicted octanol–water partition coefficient (Wildman–Crippen LogP) is 5.14. The number of ether oxygens (including phenoxy) is 3. The molecule has 0 radical (unpaired) electrons. The van der Waals surface area contributed by atoms with Crippen LogP contribution in [0.15, 0.2) is 123 Å². The largest absolute Gasteiger partial charge is 0.507 e. The highest BCUT2D eigenvalue weighted by Gasteiger charge is 2.50. The van der Waals surface area contributed by atoms with E-state index in [1.165, 1.54) is 80.0 Å². The fourth-order valence-electron chi connectivity index (χ4n) is 8.99. The van der Waals surface area contributed by atoms with Crippen molar-refractivity contribution in [1.29, 1.82) is 0 Å². The molecule has 0 saturated carbocycles. The lowest BCUT2D eigenvalue weighted by molar-refractivity contribution is -0.249. The number of hydrogen-bond acceptors (Lipinski definition) is 16. The molecular formula is C50H42N2O14S2. The van der Waals surface area contributed by atoms with Crippen LogP contribution in [0.25, 0.3) is 0 Å². The molecule has 3 amide bonds. The van der Waals surface area contributed by atoms with Gasteiger partial charge >= 0.3 is 0 Å². The molecule has 5 aromatic carbocycles. The maximum Gasteiger partial charge on any atom is 0.273 e. The maximum absolute atomic E-state index is 14.1. The molecule has 1 fully saturated rings. The second-order valence-corrected chi connectivity index (χ2v) is 18.7. The minimum Gasteiger partial charge on any atom is -0.507 e. The van der Waals surface area contributed by atoms with Crippen molar-refractivity contribution in [3.8, 4) is 17.2 Å². The van der Waals surface area contributed by atoms with Gasteiger partial charge in [-0.3, -0.25) is 28.8 Å². The Morgan fingerprint density at radius 3 is 2.00 bits per heavy atom. The zero-order valence-corrected chi connectivity index (χ0v) is 37.8. The molecule has 5 aromatic rings. The number of rotatable bonds is 12. The molecular weight excluding hydrogens is 917 g/mol. The predicted molar refractivity (Wildman–Crippen MR) is 246 cm³/mol. The number of benzene rings is 5. The standard InChI is InChI=1S/C50H42N2O14S2/c1-24-40(55)31(51-47(60)25-16-18-26(19-17-25)52-48(61)45(67-27-10-5-3-6-11-27)46(49(52)62)68-28-12-7-4-8-13-28)20-35(65-24)66-33-22-50(63,34(54)23-53)21-30-37(33)44(59)39-38(42(30)57)41(56)29-14-9-15-32(64-2)36(29)43(39)58/h3-19,24,31,33,35,40,53,55,57,59,63H,20-23H2,1-2H3,(H,51,60)/t24-,31-,33-,35-,40+,50-/m0/s1. The highest BCUT2D eigenvalue weighted by Crippen LogP contribution is 2.53. The first-order valence-corrected chi connectivity index (χ1v) is 23.0. The number of phenols is 2. The Morgan fingerprint density at radius 1 is 0.809 bits per heavy atom. The van der Waals surface area contributed by atoms with E-state index in [0.717, 1.165) is 14.7 Å². The zero-order chi connectivity index (χ0) is 48.2. The molecule has 2 aliphatic carbocycles. The SMILES string of the molecule is COc1cccc2c1C(=O)c1c(O)c3c(c(O)c1C2=O)C[C@@](O)(C(=O)CO)C[C@@H]3O[C@H]1C[C@H](NC(=O)c2ccc(N3C(=O)C(Sc4ccccc4)=C(Sc4ccccc4)C3=O)cc2)[C@H](O)[C@H](C)O1. The van der Waals surface area contributed by atoms with Crippen LogP contribution >= 0.6 is 23.5 Å². The van der Waals surface area contributed by atoms with Crippen molar-refractivity contribution in [1.82, 2.24) is 5.32 Å². The van der Waals surface area contributed by atoms with Crippen LogP contribution in [0.5, 0.6) is 17.2 Å². The molecule has 6 N–H and O–H groups in total. The summed E-state index contributed by atoms with van der Waals surface area (Å²) in [4.78, 5) is 85.9. The molecule has 0 spiro atoms. The maximum atomic E-state index is 14.1. The van der Waals surface area contributed by atoms with Gasteiger partial charge in [0.05, 0.1) is 57.5 Å². The van der Waals surface area contributed by atoms with E-state index in [9.17, 15) is 54.3 Å². The van der Waals surface area contributed by atoms with Crippen LogP contribution < -0.4 is 15.0 Å². The number of carbonyl (C=O) groups is 6. The quantitative estimate of drug-likeness (QED) is 0.0687. The Hall–Kier alpha value is -6.64. The number of imide groups is 1. The average molecular weight is 959 g/mol. The van der Waals surface area contributed by atoms with Gasteiger partial charge < -0.3 is 45.1 Å². The van der Waals surface area contributed by atoms with Gasteiger partial charge in [-0.15, -0.1) is 0 Å². The van der Waals surface area contributed by atoms with Crippen molar-refractivity contribution in [2.24, 2.45) is 0 Å². The van der Waals surface area contributed by atoms with Crippen molar-refractivity contribution in [2.45, 2.75) is 72.2 Å². The molecule has 4 aliphatic rings. The van der Waals surface area contributed by atoms with E-state index in [4.69, 9.17) is 14.2 Å². The Labute approximate surface area is 396 Å². The number of hydrogen-bond donors (Lipinski definition) is 6. The number of aliphatic hydroxyl groups excluding tert-OH is 2. The topological polar surface area (TPSA) is 247 Å². The van der Waals surface area contributed by atoms with Gasteiger partial charge in [-0.05, 0) is 61.5 Å². The molecule has 2 aliphatic heterocycles. The van der Waals surface area contributed by atoms with Crippen molar-refractivity contribution >= 4 is 64.3 Å². The first-order chi connectivity index (χ1) is 32.6. The number of ketones is 3. The van der Waals surface area contributed by atoms with Crippen LogP contribution in [0.1, 0.15) is 79.2 Å². The molecule has 6 atom stereocenters. The molecule has 0 aromatic heterocycles. The average Bonchev–Trinajstić information content (AvgIpc) is 3.56. The number of Topliss-reactive ketones (excluding diaryl/α,β-unsaturated/α-hetero) is 1. The lowest BCUT2D eigenvalue weighted by Gasteiger charge is -2.43. The van der Waals surface area contributed by atoms with Gasteiger partial charge in [0.25, 0.3) is 17.7 Å². The smallest absolute Gasteiger partial charge is 0.273 e. The number of aliphatic hydroxyl groups is 3. The van der Waals surface area contributed by atoms with Gasteiger partial charge in [-0.25, -0.2) is 4.90 Å². The van der Waals surface area contributed by atoms with Crippen molar-refractivity contribution < 1.29 is 68.5 Å². The van der Waals surface area contributed by atoms with Crippen LogP contribution in [0.2, 0.25) is 0 Å². The summed E-state index contributed by atoms with van der Waals surface area (Å²) in [6.07, 6.45) is -6.66. The van der Waals surface area contributed by atoms with Crippen LogP contribution in [-0.2, 0) is 30.3 Å². The number of methoxy groups -OCH3 is 1. The van der Waals surface area contributed by atoms with E-state index >= 15 is 0 Å². The van der Waals surface area contributed by atoms with E-state index in [2.05, 4.69) is 5.32 Å². The fourth-order valence-corrected chi connectivity index (χ4v) is 11.0. The number of fused-ring (bicyclic) bond motifs is 3. The number of nitrogens with one attached hydrogen (secondary N) is 1. The third kappa shape index (κ3) is 8.16. The van der Waals surface area contributed by atoms with Crippen LogP contribution in [-0.4, -0.2) is 104 Å². The van der Waals surface area contributed by atoms with Crippen LogP contribution in [0.4, 0.5) is 5.69 Å². The third-order valence-corrected chi connectivity index (χ3v) is 14.7. The first-order valence-electron chi connectivity index (χ1n) is 21.4. The van der Waals surface area contributed by atoms with Gasteiger partial charge in [0.15, 0.2) is 17.9 Å². The molecule has 2 heterocycles. The van der Waals surface area contributed by atoms with Gasteiger partial charge in [0.2, 0.25) is 5.78 Å². The zero-order valence-electron chi connectivity index (χ0n) is 36.2. The fraction of sp³-hybridized carbons (Fsp3) is 0.240. The highest BCUT2D eigenvalue weighted by atomic mass is 32.2. The lowest BCUT2D eigenvalue weighted by Crippen LogP contribution is -2.55. The van der Waals surface area contributed by atoms with Crippen LogP contribution in [0.3, 0.4) is 0 Å². The number of amides is 3. The number of anilines is 1. The van der Waals surface area contributed by atoms with Crippen LogP contribution in [0, 0.1) is 0 Å². The summed E-state index contributed by atoms with van der Waals surface area (Å²) in [6.45, 7) is 0.402. The van der Waals surface area contributed by atoms with Gasteiger partial charge in [-0.2, -0.15) is 0 Å². The number of thioether (sulfide) groups is 2. The summed E-state index contributed by atoms with van der Waals surface area (Å²) < 4.78 is 17.6. The number of nitrogens with zero attached hydrogens (tertiary/aromatic N) is 1. The van der Waals surface area contributed by atoms with E-state index < -0.39 is 113 Å². The monoisotopic (exact) mass is 958 g/mol. The van der Waals surface area contributed by atoms with Crippen molar-refractivity contribution in [2.75, 3.05) is 18.6 Å². The highest BCUT2D eigenvalue weighted by molar-refractivity contribution is 8.08. The lowest BCUT2D eigenvalue weighted by atomic mass is 9.72. The first kappa shape index (κ1) is 46.5. The van der Waals surface area contributed by atoms with Gasteiger partial charge in [-0.1, -0.05) is 72.1 Å². The van der Waals surface area contributed by atoms with Gasteiger partial charge in [0, 0.05) is 51.3 Å². The summed E-state index contributed by atoms with van der Waals surface area (Å²) in [6, 6.07) is 27.4. The molecule has 0 unspecified atom stereocenters. The van der Waals surface area contributed by atoms with Crippen molar-refractivity contribution in [3.63, 3.8) is 0 Å². The molecule has 9 rings (SSSR count). The molecule has 348 valence electrons. The Kier molecular flexibility index (Phi) is 12.6. The Bertz CT molecular complexity index is 2880. The molecule has 0 bridgehead atoms. The summed E-state index contributed by atoms with van der Waals surface area (Å²) in [7, 11) is 1.30. The summed E-state index contributed by atoms with van der Waals surface area (Å²) >= 11 is 2.36. The molecule has 18 heteroatoms. The Morgan fingerprint density at radius 2 is 1.41 bits per heavy atom. The molecule has 68 heavy (non-hydrogen) atoms. The third-order valence-electron chi connectivity index (χ3n) is 12.4. The normalized spacial score (nSPS) is 23.2. The Balaban J connectivity index is 0.958. The summed E-state index contributed by atoms with van der Waals surface area (Å²) in [5.74, 6) is -5.93. The number of phenolic OH excluding ortho intramolecular Hbond substituents is 2. The second-order valence-electron chi connectivity index (χ2n) is 16.6. The number of carbonyl (C=O) groups excluding carboxylic acids is 6. The minimum absolute atomic E-state index is 0.0414. The molecule has 1 saturated heterocycles. The van der Waals surface area contributed by atoms with E-state index in [-0.39, 0.29) is 55.5 Å². The van der Waals surface area contributed by atoms with Gasteiger partial charge in [0.1, 0.15) is 35.6 Å². The van der Waals surface area contributed by atoms with Crippen molar-refractivity contribution in [3.05, 3.63) is 152 Å².